The van der Waals surface area contributed by atoms with E-state index in [1.165, 1.54) is 25.5 Å². The fourth-order valence-corrected chi connectivity index (χ4v) is 1.67. The molecule has 3 heteroatoms. The lowest BCUT2D eigenvalue weighted by atomic mass is 10.1. The molecule has 0 N–H and O–H groups in total. The van der Waals surface area contributed by atoms with Crippen molar-refractivity contribution in [1.82, 2.24) is 0 Å². The fourth-order valence-electron chi connectivity index (χ4n) is 1.48. The monoisotopic (exact) mass is 210 g/mol. The second kappa shape index (κ2) is 3.62. The van der Waals surface area contributed by atoms with Crippen LogP contribution in [0.2, 0.25) is 5.02 Å². The van der Waals surface area contributed by atoms with E-state index < -0.39 is 0 Å². The Morgan fingerprint density at radius 1 is 1.50 bits per heavy atom. The van der Waals surface area contributed by atoms with Crippen LogP contribution in [0.25, 0.3) is 0 Å². The summed E-state index contributed by atoms with van der Waals surface area (Å²) >= 11 is 5.89. The highest BCUT2D eigenvalue weighted by atomic mass is 35.5. The highest BCUT2D eigenvalue weighted by Crippen LogP contribution is 2.40. The number of methoxy groups -OCH3 is 1. The minimum absolute atomic E-state index is 0.363. The summed E-state index contributed by atoms with van der Waals surface area (Å²) in [4.78, 5) is 11.3. The van der Waals surface area contributed by atoms with Gasteiger partial charge in [0.2, 0.25) is 0 Å². The lowest BCUT2D eigenvalue weighted by Gasteiger charge is -2.04. The molecule has 1 fully saturated rings. The quantitative estimate of drug-likeness (QED) is 0.702. The van der Waals surface area contributed by atoms with Gasteiger partial charge in [0.05, 0.1) is 17.7 Å². The molecule has 0 bridgehead atoms. The van der Waals surface area contributed by atoms with Gasteiger partial charge in [-0.3, -0.25) is 0 Å². The molecule has 0 unspecified atom stereocenters. The molecular formula is C11H11ClO2. The maximum Gasteiger partial charge on any atom is 0.339 e. The second-order valence-corrected chi connectivity index (χ2v) is 3.91. The first kappa shape index (κ1) is 9.53. The summed E-state index contributed by atoms with van der Waals surface area (Å²) in [6.45, 7) is 0. The van der Waals surface area contributed by atoms with E-state index in [1.54, 1.807) is 6.07 Å². The Morgan fingerprint density at radius 3 is 2.79 bits per heavy atom. The van der Waals surface area contributed by atoms with Crippen LogP contribution in [-0.2, 0) is 4.74 Å². The summed E-state index contributed by atoms with van der Waals surface area (Å²) in [7, 11) is 1.36. The number of esters is 1. The van der Waals surface area contributed by atoms with E-state index in [9.17, 15) is 4.79 Å². The molecule has 1 aliphatic rings. The second-order valence-electron chi connectivity index (χ2n) is 3.51. The van der Waals surface area contributed by atoms with Gasteiger partial charge in [-0.15, -0.1) is 0 Å². The molecule has 0 spiro atoms. The zero-order chi connectivity index (χ0) is 10.1. The minimum Gasteiger partial charge on any atom is -0.465 e. The molecule has 0 amide bonds. The molecule has 0 aromatic heterocycles. The van der Waals surface area contributed by atoms with Gasteiger partial charge in [-0.2, -0.15) is 0 Å². The zero-order valence-corrected chi connectivity index (χ0v) is 8.67. The summed E-state index contributed by atoms with van der Waals surface area (Å²) in [6, 6.07) is 5.58. The van der Waals surface area contributed by atoms with Crippen LogP contribution in [0.3, 0.4) is 0 Å². The van der Waals surface area contributed by atoms with E-state index in [2.05, 4.69) is 4.74 Å². The molecule has 0 heterocycles. The predicted octanol–water partition coefficient (Wildman–Crippen LogP) is 3.00. The first-order chi connectivity index (χ1) is 6.72. The Labute approximate surface area is 87.8 Å². The molecule has 0 radical (unpaired) electrons. The van der Waals surface area contributed by atoms with Crippen LogP contribution in [0.1, 0.15) is 34.7 Å². The van der Waals surface area contributed by atoms with Crippen LogP contribution in [-0.4, -0.2) is 13.1 Å². The van der Waals surface area contributed by atoms with Crippen molar-refractivity contribution in [2.45, 2.75) is 18.8 Å². The first-order valence-electron chi connectivity index (χ1n) is 4.60. The van der Waals surface area contributed by atoms with Crippen molar-refractivity contribution in [1.29, 1.82) is 0 Å². The Morgan fingerprint density at radius 2 is 2.21 bits per heavy atom. The van der Waals surface area contributed by atoms with Gasteiger partial charge < -0.3 is 4.74 Å². The average molecular weight is 211 g/mol. The topological polar surface area (TPSA) is 26.3 Å². The van der Waals surface area contributed by atoms with Crippen LogP contribution in [0.5, 0.6) is 0 Å². The van der Waals surface area contributed by atoms with Crippen molar-refractivity contribution in [3.8, 4) is 0 Å². The van der Waals surface area contributed by atoms with Gasteiger partial charge >= 0.3 is 5.97 Å². The van der Waals surface area contributed by atoms with Gasteiger partial charge in [-0.1, -0.05) is 17.7 Å². The van der Waals surface area contributed by atoms with Gasteiger partial charge in [0.15, 0.2) is 0 Å². The van der Waals surface area contributed by atoms with Gasteiger partial charge in [-0.05, 0) is 36.5 Å². The predicted molar refractivity (Wildman–Crippen MR) is 54.8 cm³/mol. The van der Waals surface area contributed by atoms with E-state index in [1.807, 2.05) is 12.1 Å². The molecule has 1 aromatic carbocycles. The molecule has 1 aromatic rings. The molecule has 0 atom stereocenters. The normalized spacial score (nSPS) is 15.3. The van der Waals surface area contributed by atoms with Crippen molar-refractivity contribution in [2.75, 3.05) is 7.11 Å². The van der Waals surface area contributed by atoms with Crippen molar-refractivity contribution in [3.05, 3.63) is 34.3 Å². The molecular weight excluding hydrogens is 200 g/mol. The van der Waals surface area contributed by atoms with Gasteiger partial charge in [0.25, 0.3) is 0 Å². The average Bonchev–Trinajstić information content (AvgIpc) is 3.01. The van der Waals surface area contributed by atoms with Gasteiger partial charge in [0.1, 0.15) is 0 Å². The Balaban J connectivity index is 2.36. The summed E-state index contributed by atoms with van der Waals surface area (Å²) in [5, 5.41) is 0.459. The molecule has 1 aliphatic carbocycles. The number of benzene rings is 1. The number of carbonyl (C=O) groups is 1. The first-order valence-corrected chi connectivity index (χ1v) is 4.98. The molecule has 1 saturated carbocycles. The number of rotatable bonds is 2. The summed E-state index contributed by atoms with van der Waals surface area (Å²) in [6.07, 6.45) is 2.42. The summed E-state index contributed by atoms with van der Waals surface area (Å²) in [5.41, 5.74) is 1.66. The third-order valence-electron chi connectivity index (χ3n) is 2.44. The molecule has 74 valence electrons. The fraction of sp³-hybridized carbons (Fsp3) is 0.364. The standard InChI is InChI=1S/C11H11ClO2/c1-14-11(13)9-6-8(7-2-3-7)4-5-10(9)12/h4-7H,2-3H2,1H3. The van der Waals surface area contributed by atoms with Crippen molar-refractivity contribution in [3.63, 3.8) is 0 Å². The van der Waals surface area contributed by atoms with E-state index in [0.717, 1.165) is 0 Å². The van der Waals surface area contributed by atoms with Crippen LogP contribution in [0.15, 0.2) is 18.2 Å². The smallest absolute Gasteiger partial charge is 0.339 e. The van der Waals surface area contributed by atoms with Gasteiger partial charge in [0, 0.05) is 0 Å². The highest BCUT2D eigenvalue weighted by Gasteiger charge is 2.25. The maximum atomic E-state index is 11.3. The number of hydrogen-bond donors (Lipinski definition) is 0. The third kappa shape index (κ3) is 1.75. The molecule has 0 aliphatic heterocycles. The van der Waals surface area contributed by atoms with Gasteiger partial charge in [-0.25, -0.2) is 4.79 Å². The van der Waals surface area contributed by atoms with Crippen LogP contribution >= 0.6 is 11.6 Å². The van der Waals surface area contributed by atoms with E-state index in [4.69, 9.17) is 11.6 Å². The third-order valence-corrected chi connectivity index (χ3v) is 2.77. The Bertz CT molecular complexity index is 370. The van der Waals surface area contributed by atoms with E-state index in [-0.39, 0.29) is 5.97 Å². The van der Waals surface area contributed by atoms with Crippen LogP contribution < -0.4 is 0 Å². The SMILES string of the molecule is COC(=O)c1cc(C2CC2)ccc1Cl. The molecule has 2 rings (SSSR count). The molecule has 2 nitrogen and oxygen atoms in total. The largest absolute Gasteiger partial charge is 0.465 e. The summed E-state index contributed by atoms with van der Waals surface area (Å²) in [5.74, 6) is 0.258. The van der Waals surface area contributed by atoms with Crippen LogP contribution in [0.4, 0.5) is 0 Å². The number of carbonyl (C=O) groups excluding carboxylic acids is 1. The number of halogens is 1. The van der Waals surface area contributed by atoms with Crippen molar-refractivity contribution in [2.24, 2.45) is 0 Å². The van der Waals surface area contributed by atoms with Crippen molar-refractivity contribution < 1.29 is 9.53 Å². The zero-order valence-electron chi connectivity index (χ0n) is 7.92. The minimum atomic E-state index is -0.363. The lowest BCUT2D eigenvalue weighted by molar-refractivity contribution is 0.0601. The summed E-state index contributed by atoms with van der Waals surface area (Å²) < 4.78 is 4.65. The Hall–Kier alpha value is -1.02. The molecule has 14 heavy (non-hydrogen) atoms. The van der Waals surface area contributed by atoms with Crippen molar-refractivity contribution >= 4 is 17.6 Å². The molecule has 0 saturated heterocycles. The van der Waals surface area contributed by atoms with E-state index >= 15 is 0 Å². The van der Waals surface area contributed by atoms with Crippen LogP contribution in [0, 0.1) is 0 Å². The number of ether oxygens (including phenoxy) is 1. The Kier molecular flexibility index (Phi) is 2.46. The number of hydrogen-bond acceptors (Lipinski definition) is 2. The van der Waals surface area contributed by atoms with E-state index in [0.29, 0.717) is 16.5 Å². The highest BCUT2D eigenvalue weighted by molar-refractivity contribution is 6.33. The lowest BCUT2D eigenvalue weighted by Crippen LogP contribution is -2.02. The maximum absolute atomic E-state index is 11.3.